The molecule has 0 aliphatic carbocycles. The van der Waals surface area contributed by atoms with Gasteiger partial charge in [-0.05, 0) is 43.0 Å². The second-order valence-electron chi connectivity index (χ2n) is 7.37. The van der Waals surface area contributed by atoms with Crippen LogP contribution in [0, 0.1) is 0 Å². The Balaban J connectivity index is 1.69. The molecule has 1 heterocycles. The van der Waals surface area contributed by atoms with Gasteiger partial charge in [-0.3, -0.25) is 9.59 Å². The Morgan fingerprint density at radius 3 is 2.52 bits per heavy atom. The largest absolute Gasteiger partial charge is 0.376 e. The van der Waals surface area contributed by atoms with Crippen LogP contribution in [0.25, 0.3) is 0 Å². The van der Waals surface area contributed by atoms with Gasteiger partial charge in [0.2, 0.25) is 11.8 Å². The van der Waals surface area contributed by atoms with Crippen molar-refractivity contribution < 1.29 is 14.3 Å². The van der Waals surface area contributed by atoms with Crippen LogP contribution in [0.1, 0.15) is 30.9 Å². The molecule has 6 heteroatoms. The molecule has 0 bridgehead atoms. The van der Waals surface area contributed by atoms with E-state index >= 15 is 0 Å². The minimum Gasteiger partial charge on any atom is -0.376 e. The first-order valence-corrected chi connectivity index (χ1v) is 10.4. The summed E-state index contributed by atoms with van der Waals surface area (Å²) in [5.41, 5.74) is 1.85. The minimum absolute atomic E-state index is 0.0680. The molecule has 0 saturated carbocycles. The smallest absolute Gasteiger partial charge is 0.242 e. The number of carbonyl (C=O) groups excluding carboxylic acids is 2. The predicted octanol–water partition coefficient (Wildman–Crippen LogP) is 3.60. The first-order valence-electron chi connectivity index (χ1n) is 10.00. The highest BCUT2D eigenvalue weighted by atomic mass is 35.5. The Morgan fingerprint density at radius 1 is 1.14 bits per heavy atom. The fourth-order valence-corrected chi connectivity index (χ4v) is 3.53. The van der Waals surface area contributed by atoms with Crippen molar-refractivity contribution in [3.8, 4) is 0 Å². The number of hydrogen-bond acceptors (Lipinski definition) is 3. The van der Waals surface area contributed by atoms with E-state index < -0.39 is 6.04 Å². The number of hydrogen-bond donors (Lipinski definition) is 1. The van der Waals surface area contributed by atoms with Crippen LogP contribution in [0.5, 0.6) is 0 Å². The summed E-state index contributed by atoms with van der Waals surface area (Å²) >= 11 is 5.94. The van der Waals surface area contributed by atoms with Crippen LogP contribution >= 0.6 is 11.6 Å². The monoisotopic (exact) mass is 414 g/mol. The summed E-state index contributed by atoms with van der Waals surface area (Å²) in [4.78, 5) is 27.5. The van der Waals surface area contributed by atoms with Gasteiger partial charge in [0.05, 0.1) is 12.5 Å². The van der Waals surface area contributed by atoms with Crippen molar-refractivity contribution in [1.82, 2.24) is 10.2 Å². The molecule has 1 aliphatic rings. The number of ether oxygens (including phenoxy) is 1. The van der Waals surface area contributed by atoms with Crippen molar-refractivity contribution in [2.45, 2.75) is 44.9 Å². The molecule has 0 aromatic heterocycles. The third-order valence-electron chi connectivity index (χ3n) is 5.16. The van der Waals surface area contributed by atoms with Gasteiger partial charge in [-0.15, -0.1) is 0 Å². The van der Waals surface area contributed by atoms with Gasteiger partial charge in [-0.1, -0.05) is 54.1 Å². The maximum absolute atomic E-state index is 13.1. The molecule has 154 valence electrons. The lowest BCUT2D eigenvalue weighted by atomic mass is 10.1. The fourth-order valence-electron chi connectivity index (χ4n) is 3.41. The van der Waals surface area contributed by atoms with E-state index in [-0.39, 0.29) is 24.3 Å². The van der Waals surface area contributed by atoms with Crippen molar-refractivity contribution in [3.63, 3.8) is 0 Å². The lowest BCUT2D eigenvalue weighted by Crippen LogP contribution is -2.49. The maximum atomic E-state index is 13.1. The van der Waals surface area contributed by atoms with Crippen molar-refractivity contribution in [2.75, 3.05) is 13.2 Å². The van der Waals surface area contributed by atoms with Gasteiger partial charge in [0.15, 0.2) is 0 Å². The van der Waals surface area contributed by atoms with Crippen LogP contribution < -0.4 is 5.32 Å². The van der Waals surface area contributed by atoms with Crippen LogP contribution in [0.2, 0.25) is 5.02 Å². The van der Waals surface area contributed by atoms with Gasteiger partial charge in [-0.2, -0.15) is 0 Å². The first kappa shape index (κ1) is 21.3. The molecular weight excluding hydrogens is 388 g/mol. The van der Waals surface area contributed by atoms with Crippen molar-refractivity contribution in [1.29, 1.82) is 0 Å². The molecule has 1 aliphatic heterocycles. The molecular formula is C23H27ClN2O3. The molecule has 2 amide bonds. The van der Waals surface area contributed by atoms with Gasteiger partial charge in [0.25, 0.3) is 0 Å². The molecule has 1 saturated heterocycles. The molecule has 0 radical (unpaired) electrons. The molecule has 1 fully saturated rings. The zero-order valence-corrected chi connectivity index (χ0v) is 17.4. The van der Waals surface area contributed by atoms with Gasteiger partial charge in [0.1, 0.15) is 6.04 Å². The summed E-state index contributed by atoms with van der Waals surface area (Å²) in [6, 6.07) is 16.3. The Morgan fingerprint density at radius 2 is 1.86 bits per heavy atom. The van der Waals surface area contributed by atoms with E-state index in [9.17, 15) is 9.59 Å². The first-order chi connectivity index (χ1) is 14.0. The number of carbonyl (C=O) groups is 2. The molecule has 1 N–H and O–H groups in total. The fraction of sp³-hybridized carbons (Fsp3) is 0.391. The molecule has 0 spiro atoms. The average molecular weight is 415 g/mol. The highest BCUT2D eigenvalue weighted by Crippen LogP contribution is 2.15. The topological polar surface area (TPSA) is 58.6 Å². The molecule has 2 aromatic carbocycles. The van der Waals surface area contributed by atoms with E-state index in [0.29, 0.717) is 18.1 Å². The third kappa shape index (κ3) is 6.31. The van der Waals surface area contributed by atoms with Crippen LogP contribution in [0.15, 0.2) is 54.6 Å². The van der Waals surface area contributed by atoms with Gasteiger partial charge in [-0.25, -0.2) is 0 Å². The quantitative estimate of drug-likeness (QED) is 0.718. The van der Waals surface area contributed by atoms with Crippen molar-refractivity contribution in [2.24, 2.45) is 0 Å². The highest BCUT2D eigenvalue weighted by Gasteiger charge is 2.27. The Kier molecular flexibility index (Phi) is 7.67. The minimum atomic E-state index is -0.587. The van der Waals surface area contributed by atoms with Crippen LogP contribution in [0.4, 0.5) is 0 Å². The summed E-state index contributed by atoms with van der Waals surface area (Å²) in [6.07, 6.45) is 2.26. The summed E-state index contributed by atoms with van der Waals surface area (Å²) in [5.74, 6) is -0.267. The SMILES string of the molecule is C[C@H](C(=O)NC[C@@H]1CCCO1)N(Cc1ccccc1)C(=O)Cc1ccc(Cl)cc1. The lowest BCUT2D eigenvalue weighted by Gasteiger charge is -2.29. The number of benzene rings is 2. The van der Waals surface area contributed by atoms with Gasteiger partial charge >= 0.3 is 0 Å². The molecule has 2 aromatic rings. The predicted molar refractivity (Wildman–Crippen MR) is 114 cm³/mol. The van der Waals surface area contributed by atoms with Crippen molar-refractivity contribution in [3.05, 3.63) is 70.7 Å². The molecule has 29 heavy (non-hydrogen) atoms. The number of amides is 2. The van der Waals surface area contributed by atoms with Crippen LogP contribution in [-0.4, -0.2) is 42.0 Å². The van der Waals surface area contributed by atoms with E-state index in [4.69, 9.17) is 16.3 Å². The normalized spacial score (nSPS) is 17.0. The molecule has 0 unspecified atom stereocenters. The van der Waals surface area contributed by atoms with Gasteiger partial charge < -0.3 is 15.0 Å². The van der Waals surface area contributed by atoms with E-state index in [2.05, 4.69) is 5.32 Å². The van der Waals surface area contributed by atoms with Crippen LogP contribution in [-0.2, 0) is 27.3 Å². The van der Waals surface area contributed by atoms with Gasteiger partial charge in [0, 0.05) is 24.7 Å². The van der Waals surface area contributed by atoms with Crippen LogP contribution in [0.3, 0.4) is 0 Å². The highest BCUT2D eigenvalue weighted by molar-refractivity contribution is 6.30. The zero-order valence-electron chi connectivity index (χ0n) is 16.6. The summed E-state index contributed by atoms with van der Waals surface area (Å²) in [7, 11) is 0. The molecule has 2 atom stereocenters. The number of nitrogens with one attached hydrogen (secondary N) is 1. The molecule has 5 nitrogen and oxygen atoms in total. The summed E-state index contributed by atoms with van der Waals surface area (Å²) in [6.45, 7) is 3.37. The number of halogens is 1. The Bertz CT molecular complexity index is 805. The Labute approximate surface area is 177 Å². The number of rotatable bonds is 8. The average Bonchev–Trinajstić information content (AvgIpc) is 3.26. The maximum Gasteiger partial charge on any atom is 0.242 e. The number of nitrogens with zero attached hydrogens (tertiary/aromatic N) is 1. The lowest BCUT2D eigenvalue weighted by molar-refractivity contribution is -0.140. The van der Waals surface area contributed by atoms with E-state index in [0.717, 1.165) is 30.6 Å². The van der Waals surface area contributed by atoms with E-state index in [1.54, 1.807) is 24.0 Å². The second-order valence-corrected chi connectivity index (χ2v) is 7.80. The molecule has 3 rings (SSSR count). The van der Waals surface area contributed by atoms with Crippen molar-refractivity contribution >= 4 is 23.4 Å². The summed E-state index contributed by atoms with van der Waals surface area (Å²) in [5, 5.41) is 3.57. The van der Waals surface area contributed by atoms with E-state index in [1.807, 2.05) is 42.5 Å². The second kappa shape index (κ2) is 10.4. The Hall–Kier alpha value is -2.37. The van der Waals surface area contributed by atoms with E-state index in [1.165, 1.54) is 0 Å². The summed E-state index contributed by atoms with van der Waals surface area (Å²) < 4.78 is 5.57. The standard InChI is InChI=1S/C23H27ClN2O3/c1-17(23(28)25-15-21-8-5-13-29-21)26(16-19-6-3-2-4-7-19)22(27)14-18-9-11-20(24)12-10-18/h2-4,6-7,9-12,17,21H,5,8,13-16H2,1H3,(H,25,28)/t17-,21+/m1/s1. The zero-order chi connectivity index (χ0) is 20.6. The third-order valence-corrected chi connectivity index (χ3v) is 5.41.